The quantitative estimate of drug-likeness (QED) is 0.125. The molecule has 1 unspecified atom stereocenters. The fourth-order valence-electron chi connectivity index (χ4n) is 7.09. The molecule has 3 amide bonds. The van der Waals surface area contributed by atoms with Crippen LogP contribution in [0.4, 0.5) is 5.69 Å². The Morgan fingerprint density at radius 3 is 2.75 bits per heavy atom. The van der Waals surface area contributed by atoms with Crippen molar-refractivity contribution in [2.45, 2.75) is 71.4 Å². The van der Waals surface area contributed by atoms with Crippen molar-refractivity contribution in [3.8, 4) is 16.8 Å². The molecule has 12 heteroatoms. The number of rotatable bonds is 9. The summed E-state index contributed by atoms with van der Waals surface area (Å²) in [7, 11) is 0. The minimum Gasteiger partial charge on any atom is -0.385 e. The number of carbonyl (C=O) groups excluding carboxylic acids is 3. The van der Waals surface area contributed by atoms with Crippen LogP contribution in [0.2, 0.25) is 0 Å². The number of carbonyl (C=O) groups is 3. The van der Waals surface area contributed by atoms with Gasteiger partial charge in [0.25, 0.3) is 5.91 Å². The predicted octanol–water partition coefficient (Wildman–Crippen LogP) is 5.11. The normalized spacial score (nSPS) is 16.5. The summed E-state index contributed by atoms with van der Waals surface area (Å²) in [4.78, 5) is 39.8. The maximum Gasteiger partial charge on any atom is 0.255 e. The fourth-order valence-corrected chi connectivity index (χ4v) is 8.34. The third-order valence-electron chi connectivity index (χ3n) is 9.70. The van der Waals surface area contributed by atoms with E-state index >= 15 is 0 Å². The maximum atomic E-state index is 13.1. The standard InChI is InChI=1S/C39H37N7O4S/c1-25-42-43-35-24-50-23-31-29(20-26-8-3-2-4-9-26)34(51-39(31)46(25)35)14-12-27-16-19-44(21-27)18-6-5-17-40-32-11-7-10-28-30(32)22-45(38(28)49)33-13-15-36(47)41-37(33)48/h2-4,7-11,16,19,21,33,40H,5-6,13,15,17-18,20,22-24H2,1H3,(H,41,47,48). The van der Waals surface area contributed by atoms with Gasteiger partial charge in [-0.25, -0.2) is 0 Å². The summed E-state index contributed by atoms with van der Waals surface area (Å²) in [5.41, 5.74) is 6.96. The van der Waals surface area contributed by atoms with Crippen LogP contribution < -0.4 is 10.6 Å². The van der Waals surface area contributed by atoms with Crippen molar-refractivity contribution < 1.29 is 19.1 Å². The van der Waals surface area contributed by atoms with E-state index in [1.807, 2.05) is 31.2 Å². The van der Waals surface area contributed by atoms with Crippen LogP contribution in [0.3, 0.4) is 0 Å². The van der Waals surface area contributed by atoms with E-state index in [1.165, 1.54) is 11.1 Å². The van der Waals surface area contributed by atoms with Gasteiger partial charge in [-0.2, -0.15) is 0 Å². The minimum atomic E-state index is -0.620. The molecule has 2 N–H and O–H groups in total. The molecule has 3 aliphatic rings. The van der Waals surface area contributed by atoms with Gasteiger partial charge in [0.1, 0.15) is 23.5 Å². The first-order valence-electron chi connectivity index (χ1n) is 17.3. The van der Waals surface area contributed by atoms with Gasteiger partial charge in [-0.15, -0.1) is 21.5 Å². The van der Waals surface area contributed by atoms with E-state index in [0.717, 1.165) is 76.3 Å². The SMILES string of the molecule is Cc1nnc2n1-c1sc(C#Cc3ccn(CCCCNc4cccc5c4CN(C4CCC(=O)NC4=O)C5=O)c3)c(Cc3ccccc3)c1COC2. The van der Waals surface area contributed by atoms with E-state index in [9.17, 15) is 14.4 Å². The second-order valence-corrected chi connectivity index (χ2v) is 14.1. The van der Waals surface area contributed by atoms with Crippen molar-refractivity contribution in [3.63, 3.8) is 0 Å². The molecule has 1 fully saturated rings. The second kappa shape index (κ2) is 14.0. The van der Waals surface area contributed by atoms with E-state index in [2.05, 4.69) is 84.5 Å². The van der Waals surface area contributed by atoms with Gasteiger partial charge in [-0.3, -0.25) is 24.3 Å². The number of fused-ring (bicyclic) bond motifs is 4. The van der Waals surface area contributed by atoms with Gasteiger partial charge in [0.05, 0.1) is 11.5 Å². The Morgan fingerprint density at radius 2 is 1.88 bits per heavy atom. The van der Waals surface area contributed by atoms with Crippen molar-refractivity contribution >= 4 is 34.7 Å². The molecule has 0 aliphatic carbocycles. The van der Waals surface area contributed by atoms with Gasteiger partial charge in [-0.1, -0.05) is 48.2 Å². The number of aryl methyl sites for hydroxylation is 2. The van der Waals surface area contributed by atoms with Crippen molar-refractivity contribution in [1.82, 2.24) is 29.5 Å². The van der Waals surface area contributed by atoms with Crippen LogP contribution in [-0.4, -0.2) is 54.5 Å². The van der Waals surface area contributed by atoms with Gasteiger partial charge < -0.3 is 19.5 Å². The van der Waals surface area contributed by atoms with Crippen molar-refractivity contribution in [3.05, 3.63) is 117 Å². The Morgan fingerprint density at radius 1 is 1.00 bits per heavy atom. The molecule has 1 saturated heterocycles. The van der Waals surface area contributed by atoms with E-state index in [1.54, 1.807) is 16.2 Å². The third-order valence-corrected chi connectivity index (χ3v) is 10.9. The van der Waals surface area contributed by atoms with Crippen molar-refractivity contribution in [2.75, 3.05) is 11.9 Å². The molecule has 5 aromatic rings. The minimum absolute atomic E-state index is 0.162. The number of nitrogens with zero attached hydrogens (tertiary/aromatic N) is 5. The first-order valence-corrected chi connectivity index (χ1v) is 18.1. The molecule has 8 rings (SSSR count). The van der Waals surface area contributed by atoms with Gasteiger partial charge >= 0.3 is 0 Å². The summed E-state index contributed by atoms with van der Waals surface area (Å²) in [6.07, 6.45) is 7.43. The smallest absolute Gasteiger partial charge is 0.255 e. The van der Waals surface area contributed by atoms with Gasteiger partial charge in [-0.05, 0) is 61.9 Å². The molecular formula is C39H37N7O4S. The average Bonchev–Trinajstić information content (AvgIpc) is 3.88. The molecule has 11 nitrogen and oxygen atoms in total. The highest BCUT2D eigenvalue weighted by molar-refractivity contribution is 7.15. The molecule has 51 heavy (non-hydrogen) atoms. The van der Waals surface area contributed by atoms with E-state index in [-0.39, 0.29) is 18.2 Å². The number of ether oxygens (including phenoxy) is 1. The lowest BCUT2D eigenvalue weighted by Gasteiger charge is -2.29. The summed E-state index contributed by atoms with van der Waals surface area (Å²) in [6.45, 7) is 4.88. The van der Waals surface area contributed by atoms with Crippen molar-refractivity contribution in [1.29, 1.82) is 0 Å². The number of nitrogens with one attached hydrogen (secondary N) is 2. The Kier molecular flexibility index (Phi) is 8.98. The largest absolute Gasteiger partial charge is 0.385 e. The predicted molar refractivity (Wildman–Crippen MR) is 192 cm³/mol. The monoisotopic (exact) mass is 699 g/mol. The lowest BCUT2D eigenvalue weighted by molar-refractivity contribution is -0.136. The van der Waals surface area contributed by atoms with E-state index < -0.39 is 11.9 Å². The number of imide groups is 1. The zero-order chi connectivity index (χ0) is 34.9. The van der Waals surface area contributed by atoms with Crippen LogP contribution in [-0.2, 0) is 47.1 Å². The lowest BCUT2D eigenvalue weighted by Crippen LogP contribution is -2.52. The zero-order valence-corrected chi connectivity index (χ0v) is 29.1. The average molecular weight is 700 g/mol. The molecule has 0 spiro atoms. The molecule has 6 heterocycles. The molecule has 0 saturated carbocycles. The Labute approximate surface area is 299 Å². The number of benzene rings is 2. The van der Waals surface area contributed by atoms with Crippen LogP contribution >= 0.6 is 11.3 Å². The number of amides is 3. The van der Waals surface area contributed by atoms with Crippen molar-refractivity contribution in [2.24, 2.45) is 0 Å². The first-order chi connectivity index (χ1) is 24.9. The van der Waals surface area contributed by atoms with Gasteiger partial charge in [0.2, 0.25) is 11.8 Å². The van der Waals surface area contributed by atoms with Crippen LogP contribution in [0.15, 0.2) is 67.0 Å². The Hall–Kier alpha value is -5.51. The molecule has 258 valence electrons. The highest BCUT2D eigenvalue weighted by Crippen LogP contribution is 2.37. The summed E-state index contributed by atoms with van der Waals surface area (Å²) >= 11 is 1.68. The number of unbranched alkanes of at least 4 members (excludes halogenated alkanes) is 1. The summed E-state index contributed by atoms with van der Waals surface area (Å²) < 4.78 is 10.3. The van der Waals surface area contributed by atoms with Gasteiger partial charge in [0.15, 0.2) is 5.82 Å². The molecule has 3 aromatic heterocycles. The molecule has 0 bridgehead atoms. The lowest BCUT2D eigenvalue weighted by atomic mass is 10.0. The van der Waals surface area contributed by atoms with E-state index in [4.69, 9.17) is 4.74 Å². The number of hydrogen-bond donors (Lipinski definition) is 2. The summed E-state index contributed by atoms with van der Waals surface area (Å²) in [5.74, 6) is 7.73. The molecule has 1 atom stereocenters. The van der Waals surface area contributed by atoms with Crippen LogP contribution in [0.25, 0.3) is 5.00 Å². The van der Waals surface area contributed by atoms with Gasteiger partial charge in [0, 0.05) is 66.4 Å². The zero-order valence-electron chi connectivity index (χ0n) is 28.3. The summed E-state index contributed by atoms with van der Waals surface area (Å²) in [5, 5.41) is 15.6. The summed E-state index contributed by atoms with van der Waals surface area (Å²) in [6, 6.07) is 17.6. The van der Waals surface area contributed by atoms with E-state index in [0.29, 0.717) is 31.7 Å². The number of hydrogen-bond acceptors (Lipinski definition) is 8. The number of thiophene rings is 1. The molecule has 3 aliphatic heterocycles. The third kappa shape index (κ3) is 6.58. The maximum absolute atomic E-state index is 13.1. The number of aromatic nitrogens is 4. The fraction of sp³-hybridized carbons (Fsp3) is 0.308. The Balaban J connectivity index is 0.904. The first kappa shape index (κ1) is 32.7. The van der Waals surface area contributed by atoms with Crippen LogP contribution in [0.5, 0.6) is 0 Å². The molecule has 0 radical (unpaired) electrons. The number of anilines is 1. The van der Waals surface area contributed by atoms with Crippen LogP contribution in [0, 0.1) is 18.8 Å². The van der Waals surface area contributed by atoms with Crippen LogP contribution in [0.1, 0.15) is 80.4 Å². The Bertz CT molecular complexity index is 2210. The molecule has 2 aromatic carbocycles. The number of piperidine rings is 1. The molecular weight excluding hydrogens is 663 g/mol. The topological polar surface area (TPSA) is 123 Å². The second-order valence-electron chi connectivity index (χ2n) is 13.1. The highest BCUT2D eigenvalue weighted by atomic mass is 32.1. The highest BCUT2D eigenvalue weighted by Gasteiger charge is 2.39.